The van der Waals surface area contributed by atoms with Gasteiger partial charge in [0.15, 0.2) is 17.3 Å². The minimum Gasteiger partial charge on any atom is -0.504 e. The Labute approximate surface area is 122 Å². The standard InChI is InChI=1S/C16H16O3S/c1-10-3-5-13(7-11(10)2)20-9-16(19)12-4-6-14(17)15(18)8-12/h3-8,17-18H,9H2,1-2H3. The summed E-state index contributed by atoms with van der Waals surface area (Å²) < 4.78 is 0. The number of Topliss-reactive ketones (excluding diaryl/α,β-unsaturated/α-hetero) is 1. The Morgan fingerprint density at radius 2 is 1.75 bits per heavy atom. The summed E-state index contributed by atoms with van der Waals surface area (Å²) in [5.41, 5.74) is 2.82. The predicted molar refractivity (Wildman–Crippen MR) is 80.7 cm³/mol. The number of thioether (sulfide) groups is 1. The minimum atomic E-state index is -0.271. The van der Waals surface area contributed by atoms with Crippen molar-refractivity contribution < 1.29 is 15.0 Å². The first kappa shape index (κ1) is 14.5. The van der Waals surface area contributed by atoms with E-state index in [2.05, 4.69) is 6.07 Å². The van der Waals surface area contributed by atoms with Gasteiger partial charge in [0.25, 0.3) is 0 Å². The van der Waals surface area contributed by atoms with E-state index in [0.29, 0.717) is 11.3 Å². The number of carbonyl (C=O) groups excluding carboxylic acids is 1. The molecule has 2 aromatic rings. The van der Waals surface area contributed by atoms with Crippen LogP contribution in [0.3, 0.4) is 0 Å². The van der Waals surface area contributed by atoms with Crippen molar-refractivity contribution in [2.24, 2.45) is 0 Å². The lowest BCUT2D eigenvalue weighted by Gasteiger charge is -2.05. The molecule has 2 rings (SSSR count). The van der Waals surface area contributed by atoms with Crippen LogP contribution in [0.25, 0.3) is 0 Å². The molecule has 0 heterocycles. The number of carbonyl (C=O) groups is 1. The summed E-state index contributed by atoms with van der Waals surface area (Å²) in [6.45, 7) is 4.09. The molecule has 0 aromatic heterocycles. The Kier molecular flexibility index (Phi) is 4.35. The number of hydrogen-bond acceptors (Lipinski definition) is 4. The maximum atomic E-state index is 12.0. The van der Waals surface area contributed by atoms with Gasteiger partial charge in [0, 0.05) is 10.5 Å². The molecule has 0 aliphatic heterocycles. The molecule has 0 fully saturated rings. The van der Waals surface area contributed by atoms with Crippen LogP contribution in [0.1, 0.15) is 21.5 Å². The van der Waals surface area contributed by atoms with E-state index >= 15 is 0 Å². The van der Waals surface area contributed by atoms with Crippen LogP contribution in [0.2, 0.25) is 0 Å². The molecule has 0 aliphatic carbocycles. The highest BCUT2D eigenvalue weighted by atomic mass is 32.2. The fourth-order valence-corrected chi connectivity index (χ4v) is 2.62. The zero-order valence-corrected chi connectivity index (χ0v) is 12.2. The molecule has 0 spiro atoms. The highest BCUT2D eigenvalue weighted by molar-refractivity contribution is 8.00. The summed E-state index contributed by atoms with van der Waals surface area (Å²) in [4.78, 5) is 13.1. The van der Waals surface area contributed by atoms with Crippen LogP contribution in [0.5, 0.6) is 11.5 Å². The Morgan fingerprint density at radius 1 is 1.00 bits per heavy atom. The zero-order chi connectivity index (χ0) is 14.7. The maximum Gasteiger partial charge on any atom is 0.173 e. The summed E-state index contributed by atoms with van der Waals surface area (Å²) >= 11 is 1.46. The second-order valence-electron chi connectivity index (χ2n) is 4.66. The van der Waals surface area contributed by atoms with Crippen LogP contribution in [-0.4, -0.2) is 21.7 Å². The quantitative estimate of drug-likeness (QED) is 0.512. The zero-order valence-electron chi connectivity index (χ0n) is 11.4. The van der Waals surface area contributed by atoms with Gasteiger partial charge in [0.2, 0.25) is 0 Å². The molecule has 4 heteroatoms. The van der Waals surface area contributed by atoms with Crippen molar-refractivity contribution in [3.8, 4) is 11.5 Å². The van der Waals surface area contributed by atoms with Crippen LogP contribution in [0.4, 0.5) is 0 Å². The number of phenolic OH excluding ortho intramolecular Hbond substituents is 2. The summed E-state index contributed by atoms with van der Waals surface area (Å²) in [6, 6.07) is 10.2. The van der Waals surface area contributed by atoms with Crippen molar-refractivity contribution in [3.05, 3.63) is 53.1 Å². The fourth-order valence-electron chi connectivity index (χ4n) is 1.73. The van der Waals surface area contributed by atoms with Gasteiger partial charge < -0.3 is 10.2 Å². The molecule has 0 bridgehead atoms. The van der Waals surface area contributed by atoms with Crippen molar-refractivity contribution >= 4 is 17.5 Å². The average Bonchev–Trinajstić information content (AvgIpc) is 2.43. The monoisotopic (exact) mass is 288 g/mol. The molecular weight excluding hydrogens is 272 g/mol. The molecule has 0 radical (unpaired) electrons. The molecule has 0 saturated carbocycles. The fraction of sp³-hybridized carbons (Fsp3) is 0.188. The van der Waals surface area contributed by atoms with Crippen LogP contribution in [0, 0.1) is 13.8 Å². The topological polar surface area (TPSA) is 57.5 Å². The van der Waals surface area contributed by atoms with E-state index in [-0.39, 0.29) is 17.3 Å². The molecule has 0 unspecified atom stereocenters. The first-order valence-corrected chi connectivity index (χ1v) is 7.21. The molecular formula is C16H16O3S. The third-order valence-corrected chi connectivity index (χ3v) is 4.14. The number of hydrogen-bond donors (Lipinski definition) is 2. The van der Waals surface area contributed by atoms with E-state index in [0.717, 1.165) is 4.90 Å². The molecule has 104 valence electrons. The van der Waals surface area contributed by atoms with Gasteiger partial charge in [0.05, 0.1) is 5.75 Å². The number of benzene rings is 2. The van der Waals surface area contributed by atoms with E-state index in [1.807, 2.05) is 26.0 Å². The number of aryl methyl sites for hydroxylation is 2. The lowest BCUT2D eigenvalue weighted by atomic mass is 10.1. The Balaban J connectivity index is 2.04. The third kappa shape index (κ3) is 3.33. The van der Waals surface area contributed by atoms with Gasteiger partial charge >= 0.3 is 0 Å². The molecule has 3 nitrogen and oxygen atoms in total. The Hall–Kier alpha value is -1.94. The second-order valence-corrected chi connectivity index (χ2v) is 5.71. The van der Waals surface area contributed by atoms with Gasteiger partial charge in [-0.2, -0.15) is 0 Å². The Bertz CT molecular complexity index is 650. The molecule has 20 heavy (non-hydrogen) atoms. The summed E-state index contributed by atoms with van der Waals surface area (Å²) in [5, 5.41) is 18.6. The first-order chi connectivity index (χ1) is 9.47. The SMILES string of the molecule is Cc1ccc(SCC(=O)c2ccc(O)c(O)c2)cc1C. The van der Waals surface area contributed by atoms with Crippen LogP contribution in [-0.2, 0) is 0 Å². The van der Waals surface area contributed by atoms with Crippen LogP contribution in [0.15, 0.2) is 41.3 Å². The van der Waals surface area contributed by atoms with Gasteiger partial charge in [0.1, 0.15) is 0 Å². The highest BCUT2D eigenvalue weighted by Gasteiger charge is 2.09. The van der Waals surface area contributed by atoms with Gasteiger partial charge in [-0.15, -0.1) is 11.8 Å². The lowest BCUT2D eigenvalue weighted by molar-refractivity contribution is 0.102. The smallest absolute Gasteiger partial charge is 0.173 e. The number of phenols is 2. The average molecular weight is 288 g/mol. The molecule has 0 aliphatic rings. The van der Waals surface area contributed by atoms with Crippen molar-refractivity contribution in [1.29, 1.82) is 0 Å². The number of aromatic hydroxyl groups is 2. The first-order valence-electron chi connectivity index (χ1n) is 6.22. The van der Waals surface area contributed by atoms with E-state index in [1.54, 1.807) is 0 Å². The summed E-state index contributed by atoms with van der Waals surface area (Å²) in [6.07, 6.45) is 0. The van der Waals surface area contributed by atoms with E-state index in [9.17, 15) is 15.0 Å². The summed E-state index contributed by atoms with van der Waals surface area (Å²) in [7, 11) is 0. The van der Waals surface area contributed by atoms with Gasteiger partial charge in [-0.25, -0.2) is 0 Å². The van der Waals surface area contributed by atoms with Crippen LogP contribution < -0.4 is 0 Å². The van der Waals surface area contributed by atoms with E-state index < -0.39 is 0 Å². The lowest BCUT2D eigenvalue weighted by Crippen LogP contribution is -2.02. The minimum absolute atomic E-state index is 0.0801. The molecule has 2 N–H and O–H groups in total. The van der Waals surface area contributed by atoms with Crippen molar-refractivity contribution in [2.75, 3.05) is 5.75 Å². The molecule has 0 amide bonds. The number of ketones is 1. The van der Waals surface area contributed by atoms with Gasteiger partial charge in [-0.1, -0.05) is 6.07 Å². The second kappa shape index (κ2) is 6.01. The molecule has 2 aromatic carbocycles. The number of rotatable bonds is 4. The third-order valence-electron chi connectivity index (χ3n) is 3.15. The van der Waals surface area contributed by atoms with E-state index in [4.69, 9.17) is 0 Å². The largest absolute Gasteiger partial charge is 0.504 e. The predicted octanol–water partition coefficient (Wildman–Crippen LogP) is 3.69. The van der Waals surface area contributed by atoms with Crippen LogP contribution >= 0.6 is 11.8 Å². The van der Waals surface area contributed by atoms with Gasteiger partial charge in [-0.05, 0) is 55.3 Å². The van der Waals surface area contributed by atoms with E-state index in [1.165, 1.54) is 41.1 Å². The van der Waals surface area contributed by atoms with Crippen molar-refractivity contribution in [2.45, 2.75) is 18.7 Å². The maximum absolute atomic E-state index is 12.0. The molecule has 0 saturated heterocycles. The molecule has 0 atom stereocenters. The Morgan fingerprint density at radius 3 is 2.40 bits per heavy atom. The van der Waals surface area contributed by atoms with Crippen molar-refractivity contribution in [3.63, 3.8) is 0 Å². The normalized spacial score (nSPS) is 10.5. The van der Waals surface area contributed by atoms with Crippen molar-refractivity contribution in [1.82, 2.24) is 0 Å². The summed E-state index contributed by atoms with van der Waals surface area (Å²) in [5.74, 6) is -0.272. The highest BCUT2D eigenvalue weighted by Crippen LogP contribution is 2.27. The van der Waals surface area contributed by atoms with Gasteiger partial charge in [-0.3, -0.25) is 4.79 Å².